The second-order valence-corrected chi connectivity index (χ2v) is 12.3. The van der Waals surface area contributed by atoms with Crippen LogP contribution in [-0.4, -0.2) is 33.2 Å². The Morgan fingerprint density at radius 2 is 1.67 bits per heavy atom. The zero-order chi connectivity index (χ0) is 26.5. The number of hydrogen-bond donors (Lipinski definition) is 2. The third-order valence-corrected chi connectivity index (χ3v) is 8.57. The Hall–Kier alpha value is -2.72. The van der Waals surface area contributed by atoms with Crippen molar-refractivity contribution in [3.63, 3.8) is 0 Å². The van der Waals surface area contributed by atoms with Gasteiger partial charge >= 0.3 is 7.60 Å². The van der Waals surface area contributed by atoms with E-state index in [0.717, 1.165) is 30.0 Å². The van der Waals surface area contributed by atoms with Crippen LogP contribution in [0.2, 0.25) is 0 Å². The first kappa shape index (κ1) is 26.3. The molecule has 190 valence electrons. The fourth-order valence-electron chi connectivity index (χ4n) is 5.67. The van der Waals surface area contributed by atoms with Crippen LogP contribution in [0, 0.1) is 6.92 Å². The van der Waals surface area contributed by atoms with Crippen LogP contribution in [0.25, 0.3) is 0 Å². The summed E-state index contributed by atoms with van der Waals surface area (Å²) < 4.78 is 14.2. The average Bonchev–Trinajstić information content (AvgIpc) is 3.16. The molecule has 5 nitrogen and oxygen atoms in total. The zero-order valence-electron chi connectivity index (χ0n) is 22.4. The van der Waals surface area contributed by atoms with E-state index in [1.165, 1.54) is 22.5 Å². The Kier molecular flexibility index (Phi) is 6.81. The molecular formula is C30H38N2O3P+. The standard InChI is InChI=1S/C30H37N2O3P/c1-8-31-25-17-15-21(3)19-23(25)29(4,5)27(31)13-11-10-12-14-28-30(6,7)24-20-22(36(33,34)35)16-18-26(24)32(28)9-2/h10-20H,8-9H2,1-7H3,(H-,33,34,35)/p+1. The van der Waals surface area contributed by atoms with E-state index >= 15 is 0 Å². The minimum absolute atomic E-state index is 0.0647. The number of anilines is 1. The van der Waals surface area contributed by atoms with Gasteiger partial charge in [0.2, 0.25) is 5.69 Å². The highest BCUT2D eigenvalue weighted by Crippen LogP contribution is 2.48. The number of aryl methyl sites for hydroxylation is 1. The molecule has 0 fully saturated rings. The third-order valence-electron chi connectivity index (χ3n) is 7.62. The molecule has 0 atom stereocenters. The summed E-state index contributed by atoms with van der Waals surface area (Å²) in [4.78, 5) is 21.6. The predicted octanol–water partition coefficient (Wildman–Crippen LogP) is 6.01. The number of nitrogens with zero attached hydrogens (tertiary/aromatic N) is 2. The summed E-state index contributed by atoms with van der Waals surface area (Å²) in [5.74, 6) is 0. The summed E-state index contributed by atoms with van der Waals surface area (Å²) in [6, 6.07) is 11.8. The van der Waals surface area contributed by atoms with Gasteiger partial charge < -0.3 is 14.7 Å². The minimum Gasteiger partial charge on any atom is -0.344 e. The minimum atomic E-state index is -4.31. The summed E-state index contributed by atoms with van der Waals surface area (Å²) in [5.41, 5.74) is 7.85. The number of hydrogen-bond acceptors (Lipinski definition) is 2. The van der Waals surface area contributed by atoms with E-state index < -0.39 is 7.60 Å². The quantitative estimate of drug-likeness (QED) is 0.287. The van der Waals surface area contributed by atoms with Crippen LogP contribution in [0.5, 0.6) is 0 Å². The lowest BCUT2D eigenvalue weighted by atomic mass is 9.81. The van der Waals surface area contributed by atoms with E-state index in [1.807, 2.05) is 6.07 Å². The lowest BCUT2D eigenvalue weighted by Gasteiger charge is -2.25. The highest BCUT2D eigenvalue weighted by molar-refractivity contribution is 7.60. The van der Waals surface area contributed by atoms with E-state index in [9.17, 15) is 14.4 Å². The van der Waals surface area contributed by atoms with Crippen molar-refractivity contribution in [2.24, 2.45) is 0 Å². The van der Waals surface area contributed by atoms with Gasteiger partial charge in [-0.1, -0.05) is 43.7 Å². The fraction of sp³-hybridized carbons (Fsp3) is 0.367. The molecule has 2 aromatic rings. The van der Waals surface area contributed by atoms with E-state index in [1.54, 1.807) is 12.1 Å². The van der Waals surface area contributed by atoms with Gasteiger partial charge in [0, 0.05) is 41.1 Å². The Morgan fingerprint density at radius 3 is 2.31 bits per heavy atom. The van der Waals surface area contributed by atoms with Crippen molar-refractivity contribution in [3.05, 3.63) is 89.2 Å². The Morgan fingerprint density at radius 1 is 0.944 bits per heavy atom. The van der Waals surface area contributed by atoms with Crippen molar-refractivity contribution in [2.75, 3.05) is 18.0 Å². The summed E-state index contributed by atoms with van der Waals surface area (Å²) >= 11 is 0. The fourth-order valence-corrected chi connectivity index (χ4v) is 6.24. The summed E-state index contributed by atoms with van der Waals surface area (Å²) in [7, 11) is -4.31. The molecule has 0 unspecified atom stereocenters. The molecule has 0 aliphatic carbocycles. The van der Waals surface area contributed by atoms with Gasteiger partial charge in [-0.3, -0.25) is 4.57 Å². The largest absolute Gasteiger partial charge is 0.356 e. The van der Waals surface area contributed by atoms with Gasteiger partial charge in [0.1, 0.15) is 6.54 Å². The Bertz CT molecular complexity index is 1370. The van der Waals surface area contributed by atoms with Gasteiger partial charge in [0.15, 0.2) is 5.71 Å². The lowest BCUT2D eigenvalue weighted by Crippen LogP contribution is -2.27. The molecule has 0 aromatic heterocycles. The molecule has 36 heavy (non-hydrogen) atoms. The Balaban J connectivity index is 1.63. The number of likely N-dealkylation sites (N-methyl/N-ethyl adjacent to an activating group) is 1. The molecule has 0 bridgehead atoms. The summed E-state index contributed by atoms with van der Waals surface area (Å²) in [6.07, 6.45) is 10.6. The monoisotopic (exact) mass is 505 g/mol. The SMILES string of the molecule is CCN1/C(=C/C=C/C=C/C2=[N+](CC)c3ccc(C)cc3C2(C)C)C(C)(C)c2cc(P(=O)(O)O)ccc21. The topological polar surface area (TPSA) is 63.8 Å². The molecule has 2 aliphatic heterocycles. The second kappa shape index (κ2) is 9.30. The van der Waals surface area contributed by atoms with Gasteiger partial charge in [0.05, 0.1) is 10.7 Å². The number of benzene rings is 2. The van der Waals surface area contributed by atoms with E-state index in [4.69, 9.17) is 0 Å². The van der Waals surface area contributed by atoms with Crippen molar-refractivity contribution in [1.29, 1.82) is 0 Å². The molecule has 2 aliphatic rings. The molecule has 0 saturated heterocycles. The lowest BCUT2D eigenvalue weighted by molar-refractivity contribution is -0.433. The van der Waals surface area contributed by atoms with Crippen LogP contribution in [0.15, 0.2) is 72.5 Å². The normalized spacial score (nSPS) is 19.7. The molecule has 0 spiro atoms. The highest BCUT2D eigenvalue weighted by Gasteiger charge is 2.44. The third kappa shape index (κ3) is 4.34. The van der Waals surface area contributed by atoms with Gasteiger partial charge in [-0.25, -0.2) is 0 Å². The first-order valence-corrected chi connectivity index (χ1v) is 14.2. The molecular weight excluding hydrogens is 467 g/mol. The Labute approximate surface area is 215 Å². The molecule has 0 saturated carbocycles. The van der Waals surface area contributed by atoms with Gasteiger partial charge in [-0.05, 0) is 70.5 Å². The number of allylic oxidation sites excluding steroid dienone is 6. The molecule has 2 heterocycles. The smallest absolute Gasteiger partial charge is 0.344 e. The van der Waals surface area contributed by atoms with Gasteiger partial charge in [-0.15, -0.1) is 0 Å². The van der Waals surface area contributed by atoms with E-state index in [0.29, 0.717) is 0 Å². The average molecular weight is 506 g/mol. The van der Waals surface area contributed by atoms with E-state index in [-0.39, 0.29) is 16.1 Å². The van der Waals surface area contributed by atoms with Crippen LogP contribution in [0.1, 0.15) is 58.2 Å². The molecule has 6 heteroatoms. The summed E-state index contributed by atoms with van der Waals surface area (Å²) in [6.45, 7) is 16.9. The molecule has 0 amide bonds. The molecule has 2 aromatic carbocycles. The maximum atomic E-state index is 11.9. The van der Waals surface area contributed by atoms with Crippen molar-refractivity contribution in [1.82, 2.24) is 0 Å². The van der Waals surface area contributed by atoms with Crippen molar-refractivity contribution >= 4 is 30.0 Å². The number of rotatable bonds is 6. The van der Waals surface area contributed by atoms with Crippen LogP contribution in [-0.2, 0) is 15.4 Å². The molecule has 0 radical (unpaired) electrons. The van der Waals surface area contributed by atoms with E-state index in [2.05, 4.69) is 107 Å². The van der Waals surface area contributed by atoms with Crippen LogP contribution >= 0.6 is 7.60 Å². The zero-order valence-corrected chi connectivity index (χ0v) is 23.3. The van der Waals surface area contributed by atoms with Crippen molar-refractivity contribution in [3.8, 4) is 0 Å². The van der Waals surface area contributed by atoms with Crippen molar-refractivity contribution in [2.45, 2.75) is 59.3 Å². The van der Waals surface area contributed by atoms with Crippen LogP contribution in [0.3, 0.4) is 0 Å². The highest BCUT2D eigenvalue weighted by atomic mass is 31.2. The predicted molar refractivity (Wildman–Crippen MR) is 150 cm³/mol. The van der Waals surface area contributed by atoms with Crippen molar-refractivity contribution < 1.29 is 18.9 Å². The first-order chi connectivity index (χ1) is 16.8. The van der Waals surface area contributed by atoms with Crippen LogP contribution < -0.4 is 10.2 Å². The first-order valence-electron chi connectivity index (χ1n) is 12.6. The maximum absolute atomic E-state index is 11.9. The van der Waals surface area contributed by atoms with Gasteiger partial charge in [-0.2, -0.15) is 4.58 Å². The van der Waals surface area contributed by atoms with Gasteiger partial charge in [0.25, 0.3) is 0 Å². The number of fused-ring (bicyclic) bond motifs is 2. The molecule has 4 rings (SSSR count). The maximum Gasteiger partial charge on any atom is 0.356 e. The second-order valence-electron chi connectivity index (χ2n) is 10.7. The van der Waals surface area contributed by atoms with Crippen LogP contribution in [0.4, 0.5) is 11.4 Å². The molecule has 2 N–H and O–H groups in total. The summed E-state index contributed by atoms with van der Waals surface area (Å²) in [5, 5.41) is 0.0676.